The summed E-state index contributed by atoms with van der Waals surface area (Å²) in [5.74, 6) is 0.198. The molecule has 1 N–H and O–H groups in total. The highest BCUT2D eigenvalue weighted by molar-refractivity contribution is 5.81. The molecule has 0 aromatic heterocycles. The molecule has 2 aromatic carbocycles. The van der Waals surface area contributed by atoms with Gasteiger partial charge in [0.25, 0.3) is 5.91 Å². The molecule has 0 spiro atoms. The topological polar surface area (TPSA) is 83.1 Å². The first-order valence-electron chi connectivity index (χ1n) is 8.34. The molecule has 0 bridgehead atoms. The molecule has 0 saturated heterocycles. The summed E-state index contributed by atoms with van der Waals surface area (Å²) in [5, 5.41) is 2.63. The predicted octanol–water partition coefficient (Wildman–Crippen LogP) is 2.42. The molecule has 0 saturated carbocycles. The second kappa shape index (κ2) is 9.03. The summed E-state index contributed by atoms with van der Waals surface area (Å²) >= 11 is 0. The van der Waals surface area contributed by atoms with E-state index >= 15 is 0 Å². The van der Waals surface area contributed by atoms with Crippen LogP contribution in [-0.2, 0) is 27.3 Å². The Balaban J connectivity index is 1.38. The van der Waals surface area contributed by atoms with Gasteiger partial charge in [0.15, 0.2) is 18.1 Å². The molecule has 0 fully saturated rings. The van der Waals surface area contributed by atoms with Gasteiger partial charge in [-0.1, -0.05) is 18.2 Å². The van der Waals surface area contributed by atoms with E-state index in [9.17, 15) is 18.4 Å². The van der Waals surface area contributed by atoms with E-state index in [0.29, 0.717) is 17.1 Å². The van der Waals surface area contributed by atoms with Crippen LogP contribution < -0.4 is 19.5 Å². The summed E-state index contributed by atoms with van der Waals surface area (Å²) in [6, 6.07) is 10.9. The van der Waals surface area contributed by atoms with E-state index in [-0.39, 0.29) is 25.5 Å². The van der Waals surface area contributed by atoms with Crippen molar-refractivity contribution in [2.45, 2.75) is 19.6 Å². The number of halogens is 2. The van der Waals surface area contributed by atoms with Crippen molar-refractivity contribution in [2.24, 2.45) is 0 Å². The zero-order valence-electron chi connectivity index (χ0n) is 14.7. The summed E-state index contributed by atoms with van der Waals surface area (Å²) < 4.78 is 43.8. The molecule has 2 aromatic rings. The maximum absolute atomic E-state index is 12.1. The summed E-state index contributed by atoms with van der Waals surface area (Å²) in [4.78, 5) is 23.6. The standard InChI is InChI=1S/C19H17F2NO6/c20-19(21)28-14-4-1-12(2-5-14)8-18(24)25-10-17(23)22-9-13-3-6-15-16(7-13)27-11-26-15/h1-7,19H,8-11H2,(H,22,23). The van der Waals surface area contributed by atoms with Crippen LogP contribution in [0.15, 0.2) is 42.5 Å². The first kappa shape index (κ1) is 19.4. The van der Waals surface area contributed by atoms with Gasteiger partial charge in [-0.25, -0.2) is 0 Å². The highest BCUT2D eigenvalue weighted by atomic mass is 19.3. The number of esters is 1. The van der Waals surface area contributed by atoms with Crippen LogP contribution in [0.1, 0.15) is 11.1 Å². The van der Waals surface area contributed by atoms with Crippen molar-refractivity contribution in [2.75, 3.05) is 13.4 Å². The summed E-state index contributed by atoms with van der Waals surface area (Å²) in [5.41, 5.74) is 1.36. The number of hydrogen-bond acceptors (Lipinski definition) is 6. The molecule has 9 heteroatoms. The lowest BCUT2D eigenvalue weighted by atomic mass is 10.1. The number of amides is 1. The fourth-order valence-electron chi connectivity index (χ4n) is 2.46. The van der Waals surface area contributed by atoms with E-state index in [4.69, 9.17) is 14.2 Å². The third-order valence-corrected chi connectivity index (χ3v) is 3.79. The van der Waals surface area contributed by atoms with E-state index in [0.717, 1.165) is 5.56 Å². The van der Waals surface area contributed by atoms with Crippen molar-refractivity contribution in [3.63, 3.8) is 0 Å². The lowest BCUT2D eigenvalue weighted by Gasteiger charge is -2.08. The van der Waals surface area contributed by atoms with Crippen molar-refractivity contribution >= 4 is 11.9 Å². The number of ether oxygens (including phenoxy) is 4. The Morgan fingerprint density at radius 3 is 2.50 bits per heavy atom. The number of hydrogen-bond donors (Lipinski definition) is 1. The fourth-order valence-corrected chi connectivity index (χ4v) is 2.46. The zero-order chi connectivity index (χ0) is 19.9. The maximum atomic E-state index is 12.1. The van der Waals surface area contributed by atoms with Gasteiger partial charge in [-0.05, 0) is 35.4 Å². The first-order valence-corrected chi connectivity index (χ1v) is 8.34. The predicted molar refractivity (Wildman–Crippen MR) is 92.1 cm³/mol. The Morgan fingerprint density at radius 2 is 1.75 bits per heavy atom. The van der Waals surface area contributed by atoms with E-state index in [1.807, 2.05) is 0 Å². The van der Waals surface area contributed by atoms with E-state index in [1.165, 1.54) is 24.3 Å². The molecule has 1 heterocycles. The summed E-state index contributed by atoms with van der Waals surface area (Å²) in [7, 11) is 0. The summed E-state index contributed by atoms with van der Waals surface area (Å²) in [6.07, 6.45) is -0.0929. The first-order chi connectivity index (χ1) is 13.5. The van der Waals surface area contributed by atoms with E-state index in [1.54, 1.807) is 18.2 Å². The van der Waals surface area contributed by atoms with Crippen LogP contribution >= 0.6 is 0 Å². The van der Waals surface area contributed by atoms with Gasteiger partial charge in [-0.15, -0.1) is 0 Å². The minimum Gasteiger partial charge on any atom is -0.455 e. The van der Waals surface area contributed by atoms with Gasteiger partial charge >= 0.3 is 12.6 Å². The second-order valence-corrected chi connectivity index (χ2v) is 5.82. The molecule has 0 unspecified atom stereocenters. The smallest absolute Gasteiger partial charge is 0.387 e. The van der Waals surface area contributed by atoms with E-state index < -0.39 is 25.1 Å². The molecule has 3 rings (SSSR count). The van der Waals surface area contributed by atoms with Gasteiger partial charge in [-0.3, -0.25) is 9.59 Å². The molecule has 1 aliphatic rings. The quantitative estimate of drug-likeness (QED) is 0.694. The third-order valence-electron chi connectivity index (χ3n) is 3.79. The largest absolute Gasteiger partial charge is 0.455 e. The Bertz CT molecular complexity index is 841. The van der Waals surface area contributed by atoms with E-state index in [2.05, 4.69) is 10.1 Å². The van der Waals surface area contributed by atoms with Crippen LogP contribution in [-0.4, -0.2) is 31.9 Å². The SMILES string of the molecule is O=C(COC(=O)Cc1ccc(OC(F)F)cc1)NCc1ccc2c(c1)OCO2. The molecule has 7 nitrogen and oxygen atoms in total. The van der Waals surface area contributed by atoms with Crippen molar-refractivity contribution in [3.8, 4) is 17.2 Å². The van der Waals surface area contributed by atoms with Crippen molar-refractivity contribution in [1.29, 1.82) is 0 Å². The van der Waals surface area contributed by atoms with Crippen LogP contribution in [0.5, 0.6) is 17.2 Å². The van der Waals surface area contributed by atoms with Gasteiger partial charge in [-0.2, -0.15) is 8.78 Å². The minimum absolute atomic E-state index is 0.00462. The number of alkyl halides is 2. The van der Waals surface area contributed by atoms with Crippen molar-refractivity contribution < 1.29 is 37.3 Å². The number of carbonyl (C=O) groups excluding carboxylic acids is 2. The van der Waals surface area contributed by atoms with Crippen LogP contribution in [0.4, 0.5) is 8.78 Å². The lowest BCUT2D eigenvalue weighted by molar-refractivity contribution is -0.147. The average Bonchev–Trinajstić information content (AvgIpc) is 3.13. The lowest BCUT2D eigenvalue weighted by Crippen LogP contribution is -2.28. The monoisotopic (exact) mass is 393 g/mol. The minimum atomic E-state index is -2.91. The Kier molecular flexibility index (Phi) is 6.25. The van der Waals surface area contributed by atoms with Gasteiger partial charge in [0.2, 0.25) is 6.79 Å². The number of fused-ring (bicyclic) bond motifs is 1. The number of benzene rings is 2. The van der Waals surface area contributed by atoms with Crippen LogP contribution in [0.3, 0.4) is 0 Å². The molecule has 1 amide bonds. The Labute approximate surface area is 159 Å². The molecule has 0 radical (unpaired) electrons. The van der Waals surface area contributed by atoms with Crippen LogP contribution in [0.25, 0.3) is 0 Å². The maximum Gasteiger partial charge on any atom is 0.387 e. The van der Waals surface area contributed by atoms with Crippen molar-refractivity contribution in [1.82, 2.24) is 5.32 Å². The number of carbonyl (C=O) groups is 2. The Hall–Kier alpha value is -3.36. The zero-order valence-corrected chi connectivity index (χ0v) is 14.7. The van der Waals surface area contributed by atoms with Crippen LogP contribution in [0, 0.1) is 0 Å². The average molecular weight is 393 g/mol. The molecular weight excluding hydrogens is 376 g/mol. The molecular formula is C19H17F2NO6. The molecule has 0 aliphatic carbocycles. The van der Waals surface area contributed by atoms with Gasteiger partial charge in [0.05, 0.1) is 6.42 Å². The number of nitrogens with one attached hydrogen (secondary N) is 1. The highest BCUT2D eigenvalue weighted by Crippen LogP contribution is 2.32. The normalized spacial score (nSPS) is 12.0. The molecule has 148 valence electrons. The second-order valence-electron chi connectivity index (χ2n) is 5.82. The fraction of sp³-hybridized carbons (Fsp3) is 0.263. The Morgan fingerprint density at radius 1 is 1.04 bits per heavy atom. The highest BCUT2D eigenvalue weighted by Gasteiger charge is 2.14. The molecule has 0 atom stereocenters. The van der Waals surface area contributed by atoms with Crippen LogP contribution in [0.2, 0.25) is 0 Å². The van der Waals surface area contributed by atoms with Gasteiger partial charge in [0, 0.05) is 6.54 Å². The molecule has 1 aliphatic heterocycles. The number of rotatable bonds is 8. The summed E-state index contributed by atoms with van der Waals surface area (Å²) in [6.45, 7) is -2.91. The van der Waals surface area contributed by atoms with Crippen molar-refractivity contribution in [3.05, 3.63) is 53.6 Å². The van der Waals surface area contributed by atoms with Gasteiger partial charge < -0.3 is 24.3 Å². The third kappa shape index (κ3) is 5.57. The van der Waals surface area contributed by atoms with Gasteiger partial charge in [0.1, 0.15) is 5.75 Å². The molecule has 28 heavy (non-hydrogen) atoms.